The van der Waals surface area contributed by atoms with E-state index in [0.717, 1.165) is 10.9 Å². The van der Waals surface area contributed by atoms with Crippen molar-refractivity contribution >= 4 is 35.7 Å². The lowest BCUT2D eigenvalue weighted by Crippen LogP contribution is -1.80. The van der Waals surface area contributed by atoms with Crippen LogP contribution in [0.3, 0.4) is 0 Å². The van der Waals surface area contributed by atoms with Crippen molar-refractivity contribution < 1.29 is 0 Å². The molecule has 0 saturated heterocycles. The van der Waals surface area contributed by atoms with Gasteiger partial charge in [0.1, 0.15) is 6.33 Å². The number of aromatic nitrogens is 3. The molecule has 0 unspecified atom stereocenters. The molecule has 0 fully saturated rings. The molecule has 0 N–H and O–H groups in total. The third-order valence-electron chi connectivity index (χ3n) is 1.30. The average molecular weight is 204 g/mol. The minimum atomic E-state index is 0. The lowest BCUT2D eigenvalue weighted by molar-refractivity contribution is 1.21. The van der Waals surface area contributed by atoms with Crippen LogP contribution in [-0.4, -0.2) is 15.0 Å². The maximum Gasteiger partial charge on any atom is 0.116 e. The summed E-state index contributed by atoms with van der Waals surface area (Å²) in [6, 6.07) is 1.86. The monoisotopic (exact) mass is 203 g/mol. The van der Waals surface area contributed by atoms with Crippen molar-refractivity contribution in [3.8, 4) is 0 Å². The van der Waals surface area contributed by atoms with Crippen molar-refractivity contribution in [2.75, 3.05) is 0 Å². The number of fused-ring (bicyclic) bond motifs is 1. The van der Waals surface area contributed by atoms with Crippen molar-refractivity contribution in [1.29, 1.82) is 0 Å². The summed E-state index contributed by atoms with van der Waals surface area (Å²) in [6.45, 7) is 0. The third-order valence-corrected chi connectivity index (χ3v) is 1.30. The van der Waals surface area contributed by atoms with Gasteiger partial charge in [0.05, 0.1) is 5.52 Å². The SMILES string of the molecule is Cl.Cl.c1cc2ncncc2cn1. The quantitative estimate of drug-likeness (QED) is 0.657. The van der Waals surface area contributed by atoms with Crippen LogP contribution >= 0.6 is 24.8 Å². The summed E-state index contributed by atoms with van der Waals surface area (Å²) in [6.07, 6.45) is 6.74. The first-order valence-electron chi connectivity index (χ1n) is 2.96. The Morgan fingerprint density at radius 3 is 2.50 bits per heavy atom. The van der Waals surface area contributed by atoms with E-state index < -0.39 is 0 Å². The molecule has 0 radical (unpaired) electrons. The number of nitrogens with zero attached hydrogens (tertiary/aromatic N) is 3. The standard InChI is InChI=1S/C7H5N3.2ClH/c1-2-8-3-6-4-9-5-10-7(1)6;;/h1-5H;2*1H. The van der Waals surface area contributed by atoms with E-state index in [4.69, 9.17) is 0 Å². The van der Waals surface area contributed by atoms with E-state index in [9.17, 15) is 0 Å². The zero-order valence-electron chi connectivity index (χ0n) is 6.04. The van der Waals surface area contributed by atoms with Gasteiger partial charge in [-0.05, 0) is 6.07 Å². The third kappa shape index (κ3) is 2.03. The molecular weight excluding hydrogens is 197 g/mol. The van der Waals surface area contributed by atoms with E-state index in [1.54, 1.807) is 18.6 Å². The lowest BCUT2D eigenvalue weighted by Gasteiger charge is -1.90. The zero-order valence-corrected chi connectivity index (χ0v) is 7.68. The molecule has 0 saturated carbocycles. The van der Waals surface area contributed by atoms with E-state index in [0.29, 0.717) is 0 Å². The second kappa shape index (κ2) is 4.85. The van der Waals surface area contributed by atoms with Gasteiger partial charge < -0.3 is 0 Å². The van der Waals surface area contributed by atoms with Gasteiger partial charge >= 0.3 is 0 Å². The molecule has 3 nitrogen and oxygen atoms in total. The molecule has 0 aromatic carbocycles. The first-order valence-corrected chi connectivity index (χ1v) is 2.96. The number of pyridine rings is 1. The van der Waals surface area contributed by atoms with Crippen LogP contribution < -0.4 is 0 Å². The molecule has 0 spiro atoms. The van der Waals surface area contributed by atoms with Gasteiger partial charge in [-0.15, -0.1) is 24.8 Å². The van der Waals surface area contributed by atoms with Crippen LogP contribution in [0.5, 0.6) is 0 Å². The normalized spacial score (nSPS) is 8.33. The first-order chi connectivity index (χ1) is 4.97. The predicted octanol–water partition coefficient (Wildman–Crippen LogP) is 1.87. The van der Waals surface area contributed by atoms with Crippen LogP contribution in [0.25, 0.3) is 10.9 Å². The van der Waals surface area contributed by atoms with E-state index in [2.05, 4.69) is 15.0 Å². The first kappa shape index (κ1) is 11.1. The Balaban J connectivity index is 0.000000605. The van der Waals surface area contributed by atoms with Gasteiger partial charge in [0.15, 0.2) is 0 Å². The van der Waals surface area contributed by atoms with Gasteiger partial charge in [-0.25, -0.2) is 9.97 Å². The topological polar surface area (TPSA) is 38.7 Å². The van der Waals surface area contributed by atoms with Crippen LogP contribution in [-0.2, 0) is 0 Å². The highest BCUT2D eigenvalue weighted by molar-refractivity contribution is 5.85. The van der Waals surface area contributed by atoms with Crippen molar-refractivity contribution in [3.63, 3.8) is 0 Å². The molecule has 2 rings (SSSR count). The molecule has 0 aliphatic carbocycles. The smallest absolute Gasteiger partial charge is 0.116 e. The fourth-order valence-corrected chi connectivity index (χ4v) is 0.826. The second-order valence-corrected chi connectivity index (χ2v) is 1.96. The van der Waals surface area contributed by atoms with Crippen LogP contribution in [0.4, 0.5) is 0 Å². The molecule has 5 heteroatoms. The Kier molecular flexibility index (Phi) is 4.47. The zero-order chi connectivity index (χ0) is 6.81. The second-order valence-electron chi connectivity index (χ2n) is 1.96. The maximum atomic E-state index is 4.03. The Bertz CT molecular complexity index is 288. The summed E-state index contributed by atoms with van der Waals surface area (Å²) in [5, 5.41) is 0.977. The van der Waals surface area contributed by atoms with Gasteiger partial charge in [0.2, 0.25) is 0 Å². The van der Waals surface area contributed by atoms with Crippen LogP contribution in [0.2, 0.25) is 0 Å². The lowest BCUT2D eigenvalue weighted by atomic mass is 10.3. The highest BCUT2D eigenvalue weighted by Crippen LogP contribution is 2.04. The molecule has 0 atom stereocenters. The number of hydrogen-bond acceptors (Lipinski definition) is 3. The Morgan fingerprint density at radius 2 is 1.75 bits per heavy atom. The number of halogens is 2. The van der Waals surface area contributed by atoms with E-state index >= 15 is 0 Å². The van der Waals surface area contributed by atoms with Crippen LogP contribution in [0.1, 0.15) is 0 Å². The van der Waals surface area contributed by atoms with E-state index in [-0.39, 0.29) is 24.8 Å². The van der Waals surface area contributed by atoms with Gasteiger partial charge in [0.25, 0.3) is 0 Å². The van der Waals surface area contributed by atoms with Crippen LogP contribution in [0, 0.1) is 0 Å². The van der Waals surface area contributed by atoms with Crippen molar-refractivity contribution in [3.05, 3.63) is 31.0 Å². The van der Waals surface area contributed by atoms with Gasteiger partial charge in [-0.2, -0.15) is 0 Å². The van der Waals surface area contributed by atoms with Crippen LogP contribution in [0.15, 0.2) is 31.0 Å². The minimum Gasteiger partial charge on any atom is -0.264 e. The summed E-state index contributed by atoms with van der Waals surface area (Å²) in [5.41, 5.74) is 0.935. The minimum absolute atomic E-state index is 0. The largest absolute Gasteiger partial charge is 0.264 e. The highest BCUT2D eigenvalue weighted by Gasteiger charge is 1.88. The molecule has 2 aromatic rings. The summed E-state index contributed by atoms with van der Waals surface area (Å²) in [4.78, 5) is 11.8. The fraction of sp³-hybridized carbons (Fsp3) is 0. The van der Waals surface area contributed by atoms with E-state index in [1.807, 2.05) is 6.07 Å². The number of rotatable bonds is 0. The molecule has 2 aromatic heterocycles. The summed E-state index contributed by atoms with van der Waals surface area (Å²) in [7, 11) is 0. The molecule has 64 valence electrons. The van der Waals surface area contributed by atoms with Crippen molar-refractivity contribution in [1.82, 2.24) is 15.0 Å². The molecule has 0 aliphatic rings. The van der Waals surface area contributed by atoms with Crippen molar-refractivity contribution in [2.45, 2.75) is 0 Å². The summed E-state index contributed by atoms with van der Waals surface area (Å²) < 4.78 is 0. The Morgan fingerprint density at radius 1 is 1.00 bits per heavy atom. The fourth-order valence-electron chi connectivity index (χ4n) is 0.826. The predicted molar refractivity (Wildman–Crippen MR) is 51.8 cm³/mol. The summed E-state index contributed by atoms with van der Waals surface area (Å²) >= 11 is 0. The van der Waals surface area contributed by atoms with Gasteiger partial charge in [0, 0.05) is 24.0 Å². The molecule has 2 heterocycles. The number of hydrogen-bond donors (Lipinski definition) is 0. The van der Waals surface area contributed by atoms with Gasteiger partial charge in [-0.1, -0.05) is 0 Å². The average Bonchev–Trinajstić information content (AvgIpc) is 2.05. The highest BCUT2D eigenvalue weighted by atomic mass is 35.5. The Labute approximate surface area is 82.1 Å². The molecule has 0 amide bonds. The molecule has 0 bridgehead atoms. The maximum absolute atomic E-state index is 4.03. The Hall–Kier alpha value is -0.930. The molecular formula is C7H7Cl2N3. The van der Waals surface area contributed by atoms with Crippen molar-refractivity contribution in [2.24, 2.45) is 0 Å². The molecule has 0 aliphatic heterocycles. The van der Waals surface area contributed by atoms with Gasteiger partial charge in [-0.3, -0.25) is 4.98 Å². The van der Waals surface area contributed by atoms with E-state index in [1.165, 1.54) is 6.33 Å². The molecule has 12 heavy (non-hydrogen) atoms. The summed E-state index contributed by atoms with van der Waals surface area (Å²) in [5.74, 6) is 0.